The van der Waals surface area contributed by atoms with Gasteiger partial charge in [0.2, 0.25) is 0 Å². The molecule has 3 nitrogen and oxygen atoms in total. The maximum absolute atomic E-state index is 14.7. The van der Waals surface area contributed by atoms with Crippen LogP contribution in [-0.2, 0) is 0 Å². The lowest BCUT2D eigenvalue weighted by Gasteiger charge is -2.34. The van der Waals surface area contributed by atoms with Gasteiger partial charge in [0.05, 0.1) is 16.1 Å². The van der Waals surface area contributed by atoms with E-state index in [9.17, 15) is 9.50 Å². The Morgan fingerprint density at radius 1 is 1.35 bits per heavy atom. The van der Waals surface area contributed by atoms with Crippen molar-refractivity contribution in [2.24, 2.45) is 5.92 Å². The molecule has 0 spiro atoms. The highest BCUT2D eigenvalue weighted by molar-refractivity contribution is 7.98. The topological polar surface area (TPSA) is 44.3 Å². The van der Waals surface area contributed by atoms with Gasteiger partial charge in [-0.2, -0.15) is 0 Å². The van der Waals surface area contributed by atoms with Crippen molar-refractivity contribution in [3.63, 3.8) is 0 Å². The summed E-state index contributed by atoms with van der Waals surface area (Å²) >= 11 is 13.4. The zero-order chi connectivity index (χ0) is 17.2. The molecule has 1 aromatic rings. The van der Waals surface area contributed by atoms with Gasteiger partial charge in [0.1, 0.15) is 5.75 Å². The van der Waals surface area contributed by atoms with Gasteiger partial charge in [0, 0.05) is 16.4 Å². The summed E-state index contributed by atoms with van der Waals surface area (Å²) in [4.78, 5) is 0. The van der Waals surface area contributed by atoms with E-state index in [2.05, 4.69) is 30.8 Å². The van der Waals surface area contributed by atoms with Gasteiger partial charge in [-0.1, -0.05) is 35.1 Å². The average molecular weight is 381 g/mol. The summed E-state index contributed by atoms with van der Waals surface area (Å²) in [6.45, 7) is 8.00. The number of halogens is 3. The monoisotopic (exact) mass is 380 g/mol. The Labute approximate surface area is 151 Å². The van der Waals surface area contributed by atoms with Crippen molar-refractivity contribution < 1.29 is 9.50 Å². The molecule has 1 aromatic carbocycles. The first-order chi connectivity index (χ1) is 10.7. The third-order valence-corrected chi connectivity index (χ3v) is 5.59. The van der Waals surface area contributed by atoms with Crippen LogP contribution in [-0.4, -0.2) is 22.9 Å². The maximum Gasteiger partial charge on any atom is 0.151 e. The number of aromatic hydroxyl groups is 1. The molecule has 0 amide bonds. The van der Waals surface area contributed by atoms with E-state index in [1.807, 2.05) is 0 Å². The third kappa shape index (κ3) is 4.89. The predicted molar refractivity (Wildman–Crippen MR) is 96.9 cm³/mol. The minimum atomic E-state index is -0.637. The normalized spacial score (nSPS) is 18.2. The van der Waals surface area contributed by atoms with E-state index in [4.69, 9.17) is 23.2 Å². The minimum absolute atomic E-state index is 0.0259. The summed E-state index contributed by atoms with van der Waals surface area (Å²) in [5.74, 6) is -0.576. The second kappa shape index (κ2) is 7.79. The van der Waals surface area contributed by atoms with Crippen molar-refractivity contribution in [2.45, 2.75) is 44.4 Å². The molecule has 3 N–H and O–H groups in total. The fraction of sp³-hybridized carbons (Fsp3) is 0.625. The summed E-state index contributed by atoms with van der Waals surface area (Å²) in [6, 6.07) is 0.996. The molecule has 7 heteroatoms. The largest absolute Gasteiger partial charge is 0.507 e. The van der Waals surface area contributed by atoms with Crippen molar-refractivity contribution in [1.29, 1.82) is 0 Å². The lowest BCUT2D eigenvalue weighted by atomic mass is 9.86. The zero-order valence-electron chi connectivity index (χ0n) is 13.5. The molecule has 1 saturated heterocycles. The van der Waals surface area contributed by atoms with Crippen LogP contribution in [0.5, 0.6) is 5.75 Å². The second-order valence-corrected chi connectivity index (χ2v) is 9.27. The van der Waals surface area contributed by atoms with Crippen molar-refractivity contribution >= 4 is 35.1 Å². The van der Waals surface area contributed by atoms with Crippen LogP contribution in [0, 0.1) is 11.7 Å². The molecule has 1 unspecified atom stereocenters. The number of piperidine rings is 1. The molecule has 0 radical (unpaired) electrons. The molecule has 0 aliphatic carbocycles. The number of phenols is 1. The smallest absolute Gasteiger partial charge is 0.151 e. The van der Waals surface area contributed by atoms with Crippen LogP contribution in [0.3, 0.4) is 0 Å². The first-order valence-corrected chi connectivity index (χ1v) is 9.28. The lowest BCUT2D eigenvalue weighted by molar-refractivity contribution is 0.298. The molecule has 1 fully saturated rings. The lowest BCUT2D eigenvalue weighted by Crippen LogP contribution is -2.36. The Kier molecular flexibility index (Phi) is 6.48. The zero-order valence-corrected chi connectivity index (χ0v) is 15.9. The average Bonchev–Trinajstić information content (AvgIpc) is 2.48. The molecule has 1 heterocycles. The van der Waals surface area contributed by atoms with Crippen LogP contribution in [0.15, 0.2) is 6.07 Å². The quantitative estimate of drug-likeness (QED) is 0.512. The van der Waals surface area contributed by atoms with Gasteiger partial charge in [0.15, 0.2) is 5.82 Å². The Balaban J connectivity index is 2.38. The van der Waals surface area contributed by atoms with Gasteiger partial charge < -0.3 is 10.4 Å². The molecule has 0 aromatic heterocycles. The summed E-state index contributed by atoms with van der Waals surface area (Å²) in [7, 11) is 0. The third-order valence-electron chi connectivity index (χ3n) is 3.84. The molecule has 2 rings (SSSR count). The van der Waals surface area contributed by atoms with E-state index in [1.165, 1.54) is 18.0 Å². The second-order valence-electron chi connectivity index (χ2n) is 6.82. The standard InChI is InChI=1S/C16H23Cl2FN2OS/c1-16(2,3)23-21-15(9-4-6-20-7-5-9)12-11(22)8-10(17)13(18)14(12)19/h8-9,15,20-22H,4-7H2,1-3H3. The van der Waals surface area contributed by atoms with Crippen LogP contribution in [0.1, 0.15) is 45.2 Å². The van der Waals surface area contributed by atoms with E-state index in [0.29, 0.717) is 0 Å². The van der Waals surface area contributed by atoms with Crippen LogP contribution in [0.2, 0.25) is 10.0 Å². The SMILES string of the molecule is CC(C)(C)SNC(c1c(O)cc(Cl)c(Cl)c1F)C1CCNCC1. The van der Waals surface area contributed by atoms with Crippen LogP contribution >= 0.6 is 35.1 Å². The van der Waals surface area contributed by atoms with Gasteiger partial charge in [-0.3, -0.25) is 4.72 Å². The van der Waals surface area contributed by atoms with Gasteiger partial charge in [-0.15, -0.1) is 0 Å². The predicted octanol–water partition coefficient (Wildman–Crippen LogP) is 4.92. The van der Waals surface area contributed by atoms with Gasteiger partial charge in [-0.05, 0) is 52.6 Å². The van der Waals surface area contributed by atoms with E-state index >= 15 is 0 Å². The Bertz CT molecular complexity index is 560. The van der Waals surface area contributed by atoms with Gasteiger partial charge in [-0.25, -0.2) is 4.39 Å². The van der Waals surface area contributed by atoms with Crippen LogP contribution < -0.4 is 10.0 Å². The van der Waals surface area contributed by atoms with Crippen LogP contribution in [0.4, 0.5) is 4.39 Å². The molecule has 1 aliphatic heterocycles. The molecule has 23 heavy (non-hydrogen) atoms. The van der Waals surface area contributed by atoms with E-state index in [0.717, 1.165) is 25.9 Å². The van der Waals surface area contributed by atoms with Crippen molar-refractivity contribution in [3.8, 4) is 5.75 Å². The first kappa shape index (κ1) is 19.1. The summed E-state index contributed by atoms with van der Waals surface area (Å²) in [5.41, 5.74) is 0.211. The van der Waals surface area contributed by atoms with Crippen molar-refractivity contribution in [2.75, 3.05) is 13.1 Å². The maximum atomic E-state index is 14.7. The Morgan fingerprint density at radius 3 is 2.52 bits per heavy atom. The first-order valence-electron chi connectivity index (χ1n) is 7.71. The molecular formula is C16H23Cl2FN2OS. The molecule has 1 aliphatic rings. The number of hydrogen-bond acceptors (Lipinski definition) is 4. The van der Waals surface area contributed by atoms with Crippen LogP contribution in [0.25, 0.3) is 0 Å². The van der Waals surface area contributed by atoms with Crippen molar-refractivity contribution in [1.82, 2.24) is 10.0 Å². The Morgan fingerprint density at radius 2 is 1.96 bits per heavy atom. The van der Waals surface area contributed by atoms with Crippen molar-refractivity contribution in [3.05, 3.63) is 27.5 Å². The fourth-order valence-corrected chi connectivity index (χ4v) is 3.83. The van der Waals surface area contributed by atoms with Gasteiger partial charge >= 0.3 is 0 Å². The molecular weight excluding hydrogens is 358 g/mol. The molecule has 1 atom stereocenters. The number of hydrogen-bond donors (Lipinski definition) is 3. The molecule has 130 valence electrons. The summed E-state index contributed by atoms with van der Waals surface area (Å²) in [5, 5.41) is 13.5. The summed E-state index contributed by atoms with van der Waals surface area (Å²) < 4.78 is 18.0. The summed E-state index contributed by atoms with van der Waals surface area (Å²) in [6.07, 6.45) is 1.81. The molecule has 0 saturated carbocycles. The number of nitrogens with one attached hydrogen (secondary N) is 2. The van der Waals surface area contributed by atoms with E-state index in [-0.39, 0.29) is 38.1 Å². The van der Waals surface area contributed by atoms with Gasteiger partial charge in [0.25, 0.3) is 0 Å². The number of phenolic OH excluding ortho intramolecular Hbond substituents is 1. The fourth-order valence-electron chi connectivity index (χ4n) is 2.70. The highest BCUT2D eigenvalue weighted by atomic mass is 35.5. The highest BCUT2D eigenvalue weighted by Gasteiger charge is 2.32. The Hall–Kier alpha value is -0.200. The molecule has 0 bridgehead atoms. The highest BCUT2D eigenvalue weighted by Crippen LogP contribution is 2.42. The van der Waals surface area contributed by atoms with E-state index in [1.54, 1.807) is 0 Å². The van der Waals surface area contributed by atoms with E-state index < -0.39 is 5.82 Å². The number of benzene rings is 1. The number of rotatable bonds is 4. The minimum Gasteiger partial charge on any atom is -0.507 e.